The molecule has 0 aliphatic heterocycles. The van der Waals surface area contributed by atoms with Gasteiger partial charge in [-0.15, -0.1) is 5.10 Å². The highest BCUT2D eigenvalue weighted by Gasteiger charge is 2.11. The van der Waals surface area contributed by atoms with Crippen molar-refractivity contribution in [2.75, 3.05) is 11.9 Å². The van der Waals surface area contributed by atoms with Gasteiger partial charge in [0.05, 0.1) is 12.3 Å². The summed E-state index contributed by atoms with van der Waals surface area (Å²) in [7, 11) is 0. The van der Waals surface area contributed by atoms with Crippen LogP contribution >= 0.6 is 0 Å². The molecular formula is C20H21N5O3. The second kappa shape index (κ2) is 8.90. The fourth-order valence-corrected chi connectivity index (χ4v) is 2.76. The molecule has 28 heavy (non-hydrogen) atoms. The number of tetrazole rings is 1. The van der Waals surface area contributed by atoms with E-state index in [1.165, 1.54) is 6.33 Å². The highest BCUT2D eigenvalue weighted by Crippen LogP contribution is 2.18. The first-order chi connectivity index (χ1) is 13.6. The van der Waals surface area contributed by atoms with Gasteiger partial charge < -0.3 is 10.1 Å². The quantitative estimate of drug-likeness (QED) is 0.604. The average molecular weight is 379 g/mol. The van der Waals surface area contributed by atoms with Gasteiger partial charge in [0.1, 0.15) is 12.1 Å². The normalized spacial score (nSPS) is 10.5. The van der Waals surface area contributed by atoms with Crippen molar-refractivity contribution in [1.82, 2.24) is 20.2 Å². The number of ether oxygens (including phenoxy) is 1. The summed E-state index contributed by atoms with van der Waals surface area (Å²) in [6.07, 6.45) is 1.76. The van der Waals surface area contributed by atoms with Gasteiger partial charge >= 0.3 is 0 Å². The van der Waals surface area contributed by atoms with Crippen molar-refractivity contribution in [3.8, 4) is 11.4 Å². The standard InChI is InChI=1S/C20H21N5O3/c1-3-28-17-7-4-15(5-8-17)19(26)10-11-20(27)22-16-6-9-18(14(2)12-16)25-13-21-23-24-25/h4-9,12-13H,3,10-11H2,1-2H3,(H,22,27). The van der Waals surface area contributed by atoms with Crippen molar-refractivity contribution in [1.29, 1.82) is 0 Å². The summed E-state index contributed by atoms with van der Waals surface area (Å²) in [5, 5.41) is 13.9. The molecule has 0 aliphatic carbocycles. The third-order valence-electron chi connectivity index (χ3n) is 4.14. The van der Waals surface area contributed by atoms with E-state index in [-0.39, 0.29) is 24.5 Å². The Morgan fingerprint density at radius 3 is 2.54 bits per heavy atom. The fourth-order valence-electron chi connectivity index (χ4n) is 2.76. The number of hydrogen-bond acceptors (Lipinski definition) is 6. The minimum absolute atomic E-state index is 0.0802. The van der Waals surface area contributed by atoms with Crippen LogP contribution in [0.2, 0.25) is 0 Å². The molecule has 1 N–H and O–H groups in total. The van der Waals surface area contributed by atoms with Crippen molar-refractivity contribution in [3.63, 3.8) is 0 Å². The predicted molar refractivity (Wildman–Crippen MR) is 104 cm³/mol. The van der Waals surface area contributed by atoms with Crippen LogP contribution < -0.4 is 10.1 Å². The van der Waals surface area contributed by atoms with Crippen molar-refractivity contribution >= 4 is 17.4 Å². The van der Waals surface area contributed by atoms with Crippen LogP contribution in [0.15, 0.2) is 48.8 Å². The number of carbonyl (C=O) groups excluding carboxylic acids is 2. The number of ketones is 1. The molecule has 0 aliphatic rings. The number of aryl methyl sites for hydroxylation is 1. The molecule has 1 amide bonds. The zero-order valence-corrected chi connectivity index (χ0v) is 15.8. The minimum Gasteiger partial charge on any atom is -0.494 e. The lowest BCUT2D eigenvalue weighted by Gasteiger charge is -2.09. The fraction of sp³-hybridized carbons (Fsp3) is 0.250. The number of hydrogen-bond donors (Lipinski definition) is 1. The van der Waals surface area contributed by atoms with Gasteiger partial charge in [-0.1, -0.05) is 0 Å². The molecule has 0 fully saturated rings. The molecule has 3 aromatic rings. The Morgan fingerprint density at radius 1 is 1.11 bits per heavy atom. The lowest BCUT2D eigenvalue weighted by molar-refractivity contribution is -0.116. The van der Waals surface area contributed by atoms with Crippen molar-refractivity contribution in [3.05, 3.63) is 59.9 Å². The number of Topliss-reactive ketones (excluding diaryl/α,β-unsaturated/α-hetero) is 1. The maximum atomic E-state index is 12.3. The molecule has 0 saturated heterocycles. The molecule has 3 rings (SSSR count). The summed E-state index contributed by atoms with van der Waals surface area (Å²) in [6.45, 7) is 4.38. The van der Waals surface area contributed by atoms with E-state index in [1.54, 1.807) is 35.0 Å². The third kappa shape index (κ3) is 4.79. The van der Waals surface area contributed by atoms with Crippen LogP contribution in [-0.4, -0.2) is 38.5 Å². The van der Waals surface area contributed by atoms with Crippen molar-refractivity contribution in [2.24, 2.45) is 0 Å². The summed E-state index contributed by atoms with van der Waals surface area (Å²) < 4.78 is 6.91. The zero-order chi connectivity index (χ0) is 19.9. The third-order valence-corrected chi connectivity index (χ3v) is 4.14. The van der Waals surface area contributed by atoms with E-state index < -0.39 is 0 Å². The van der Waals surface area contributed by atoms with E-state index in [9.17, 15) is 9.59 Å². The molecule has 0 unspecified atom stereocenters. The van der Waals surface area contributed by atoms with Gasteiger partial charge in [0, 0.05) is 24.1 Å². The van der Waals surface area contributed by atoms with E-state index in [1.807, 2.05) is 26.0 Å². The number of carbonyl (C=O) groups is 2. The Kier molecular flexibility index (Phi) is 6.11. The highest BCUT2D eigenvalue weighted by atomic mass is 16.5. The smallest absolute Gasteiger partial charge is 0.224 e. The zero-order valence-electron chi connectivity index (χ0n) is 15.8. The lowest BCUT2D eigenvalue weighted by atomic mass is 10.1. The van der Waals surface area contributed by atoms with Gasteiger partial charge in [-0.25, -0.2) is 4.68 Å². The maximum absolute atomic E-state index is 12.3. The SMILES string of the molecule is CCOc1ccc(C(=O)CCC(=O)Nc2ccc(-n3cnnn3)c(C)c2)cc1. The first-order valence-electron chi connectivity index (χ1n) is 8.96. The molecule has 8 nitrogen and oxygen atoms in total. The van der Waals surface area contributed by atoms with Crippen LogP contribution in [0.5, 0.6) is 5.75 Å². The van der Waals surface area contributed by atoms with E-state index in [4.69, 9.17) is 4.74 Å². The van der Waals surface area contributed by atoms with Crippen molar-refractivity contribution < 1.29 is 14.3 Å². The number of anilines is 1. The summed E-state index contributed by atoms with van der Waals surface area (Å²) in [6, 6.07) is 12.4. The van der Waals surface area contributed by atoms with E-state index in [0.717, 1.165) is 17.0 Å². The molecule has 1 heterocycles. The van der Waals surface area contributed by atoms with Gasteiger partial charge in [0.15, 0.2) is 5.78 Å². The number of nitrogens with zero attached hydrogens (tertiary/aromatic N) is 4. The van der Waals surface area contributed by atoms with Crippen molar-refractivity contribution in [2.45, 2.75) is 26.7 Å². The van der Waals surface area contributed by atoms with Crippen LogP contribution in [0.3, 0.4) is 0 Å². The maximum Gasteiger partial charge on any atom is 0.224 e. The first-order valence-corrected chi connectivity index (χ1v) is 8.96. The largest absolute Gasteiger partial charge is 0.494 e. The van der Waals surface area contributed by atoms with Crippen LogP contribution in [0.4, 0.5) is 5.69 Å². The second-order valence-corrected chi connectivity index (χ2v) is 6.18. The Hall–Kier alpha value is -3.55. The van der Waals surface area contributed by atoms with E-state index >= 15 is 0 Å². The van der Waals surface area contributed by atoms with E-state index in [0.29, 0.717) is 17.9 Å². The first kappa shape index (κ1) is 19.2. The summed E-state index contributed by atoms with van der Waals surface area (Å²) in [4.78, 5) is 24.5. The van der Waals surface area contributed by atoms with Gasteiger partial charge in [-0.2, -0.15) is 0 Å². The van der Waals surface area contributed by atoms with Crippen LogP contribution in [0.1, 0.15) is 35.7 Å². The Bertz CT molecular complexity index is 952. The number of nitrogens with one attached hydrogen (secondary N) is 1. The highest BCUT2D eigenvalue weighted by molar-refractivity contribution is 6.00. The molecule has 0 radical (unpaired) electrons. The monoisotopic (exact) mass is 379 g/mol. The molecule has 1 aromatic heterocycles. The molecule has 2 aromatic carbocycles. The van der Waals surface area contributed by atoms with Gasteiger partial charge in [-0.3, -0.25) is 9.59 Å². The second-order valence-electron chi connectivity index (χ2n) is 6.18. The number of aromatic nitrogens is 4. The summed E-state index contributed by atoms with van der Waals surface area (Å²) in [5.74, 6) is 0.426. The van der Waals surface area contributed by atoms with Gasteiger partial charge in [-0.05, 0) is 72.3 Å². The lowest BCUT2D eigenvalue weighted by Crippen LogP contribution is -2.14. The molecule has 144 valence electrons. The van der Waals surface area contributed by atoms with Crippen LogP contribution in [0.25, 0.3) is 5.69 Å². The number of amides is 1. The van der Waals surface area contributed by atoms with Crippen LogP contribution in [0, 0.1) is 6.92 Å². The molecule has 0 saturated carbocycles. The summed E-state index contributed by atoms with van der Waals surface area (Å²) >= 11 is 0. The minimum atomic E-state index is -0.214. The average Bonchev–Trinajstić information content (AvgIpc) is 3.21. The summed E-state index contributed by atoms with van der Waals surface area (Å²) in [5.41, 5.74) is 2.97. The Balaban J connectivity index is 1.54. The topological polar surface area (TPSA) is 99.0 Å². The van der Waals surface area contributed by atoms with E-state index in [2.05, 4.69) is 20.8 Å². The predicted octanol–water partition coefficient (Wildman–Crippen LogP) is 2.97. The number of rotatable bonds is 8. The molecule has 8 heteroatoms. The molecular weight excluding hydrogens is 358 g/mol. The Labute approximate surface area is 162 Å². The Morgan fingerprint density at radius 2 is 1.89 bits per heavy atom. The molecule has 0 bridgehead atoms. The van der Waals surface area contributed by atoms with Crippen LogP contribution in [-0.2, 0) is 4.79 Å². The van der Waals surface area contributed by atoms with Gasteiger partial charge in [0.2, 0.25) is 5.91 Å². The molecule has 0 atom stereocenters. The van der Waals surface area contributed by atoms with Gasteiger partial charge in [0.25, 0.3) is 0 Å². The molecule has 0 spiro atoms. The number of benzene rings is 2.